The molecule has 7 heteroatoms. The molecule has 3 aromatic rings. The molecular weight excluding hydrogens is 448 g/mol. The van der Waals surface area contributed by atoms with E-state index in [2.05, 4.69) is 17.0 Å². The Kier molecular flexibility index (Phi) is 8.71. The molecule has 0 fully saturated rings. The third-order valence-electron chi connectivity index (χ3n) is 5.44. The Bertz CT molecular complexity index is 1220. The lowest BCUT2D eigenvalue weighted by Crippen LogP contribution is -2.15. The molecule has 34 heavy (non-hydrogen) atoms. The lowest BCUT2D eigenvalue weighted by molar-refractivity contribution is 0.102. The Morgan fingerprint density at radius 1 is 0.912 bits per heavy atom. The number of ether oxygens (including phenoxy) is 1. The Morgan fingerprint density at radius 2 is 1.65 bits per heavy atom. The fraction of sp³-hybridized carbons (Fsp3) is 0.296. The highest BCUT2D eigenvalue weighted by molar-refractivity contribution is 7.92. The Hall–Kier alpha value is -3.32. The summed E-state index contributed by atoms with van der Waals surface area (Å²) < 4.78 is 34.0. The van der Waals surface area contributed by atoms with Gasteiger partial charge in [-0.2, -0.15) is 0 Å². The molecule has 0 saturated heterocycles. The van der Waals surface area contributed by atoms with Gasteiger partial charge in [0.15, 0.2) is 0 Å². The minimum absolute atomic E-state index is 0.112. The lowest BCUT2D eigenvalue weighted by Gasteiger charge is -2.13. The topological polar surface area (TPSA) is 84.5 Å². The first-order valence-electron chi connectivity index (χ1n) is 11.5. The van der Waals surface area contributed by atoms with Gasteiger partial charge in [0.1, 0.15) is 5.75 Å². The zero-order valence-electron chi connectivity index (χ0n) is 19.9. The quantitative estimate of drug-likeness (QED) is 0.315. The molecule has 1 amide bonds. The van der Waals surface area contributed by atoms with Crippen LogP contribution in [0.3, 0.4) is 0 Å². The zero-order chi connectivity index (χ0) is 24.6. The van der Waals surface area contributed by atoms with Crippen LogP contribution >= 0.6 is 0 Å². The van der Waals surface area contributed by atoms with Crippen LogP contribution in [0.25, 0.3) is 0 Å². The fourth-order valence-electron chi connectivity index (χ4n) is 3.54. The van der Waals surface area contributed by atoms with Crippen molar-refractivity contribution in [3.63, 3.8) is 0 Å². The first kappa shape index (κ1) is 25.3. The summed E-state index contributed by atoms with van der Waals surface area (Å²) in [5.74, 6) is 0.224. The Balaban J connectivity index is 1.66. The lowest BCUT2D eigenvalue weighted by atomic mass is 10.1. The molecule has 0 radical (unpaired) electrons. The molecular formula is C27H32N2O4S. The second kappa shape index (κ2) is 11.7. The monoisotopic (exact) mass is 480 g/mol. The summed E-state index contributed by atoms with van der Waals surface area (Å²) in [6, 6.07) is 18.7. The van der Waals surface area contributed by atoms with E-state index in [0.29, 0.717) is 29.3 Å². The van der Waals surface area contributed by atoms with Gasteiger partial charge in [0, 0.05) is 5.69 Å². The van der Waals surface area contributed by atoms with Gasteiger partial charge in [-0.05, 0) is 68.3 Å². The van der Waals surface area contributed by atoms with E-state index in [4.69, 9.17) is 4.74 Å². The van der Waals surface area contributed by atoms with Gasteiger partial charge in [0.25, 0.3) is 15.9 Å². The second-order valence-corrected chi connectivity index (χ2v) is 9.99. The molecule has 0 bridgehead atoms. The van der Waals surface area contributed by atoms with E-state index in [9.17, 15) is 13.2 Å². The molecule has 0 saturated carbocycles. The van der Waals surface area contributed by atoms with E-state index in [1.807, 2.05) is 32.0 Å². The summed E-state index contributed by atoms with van der Waals surface area (Å²) in [5.41, 5.74) is 3.37. The number of sulfonamides is 1. The van der Waals surface area contributed by atoms with Crippen LogP contribution in [0, 0.1) is 13.8 Å². The summed E-state index contributed by atoms with van der Waals surface area (Å²) in [5, 5.41) is 2.82. The molecule has 2 N–H and O–H groups in total. The van der Waals surface area contributed by atoms with Crippen LogP contribution in [-0.2, 0) is 10.0 Å². The number of carbonyl (C=O) groups is 1. The third kappa shape index (κ3) is 6.84. The van der Waals surface area contributed by atoms with E-state index in [1.54, 1.807) is 36.4 Å². The van der Waals surface area contributed by atoms with Gasteiger partial charge in [0.2, 0.25) is 0 Å². The first-order valence-corrected chi connectivity index (χ1v) is 13.0. The summed E-state index contributed by atoms with van der Waals surface area (Å²) in [4.78, 5) is 12.9. The van der Waals surface area contributed by atoms with E-state index in [1.165, 1.54) is 12.1 Å². The minimum Gasteiger partial charge on any atom is -0.493 e. The van der Waals surface area contributed by atoms with Crippen molar-refractivity contribution in [2.24, 2.45) is 0 Å². The fourth-order valence-corrected chi connectivity index (χ4v) is 4.67. The number of amides is 1. The van der Waals surface area contributed by atoms with Crippen LogP contribution < -0.4 is 14.8 Å². The average Bonchev–Trinajstić information content (AvgIpc) is 2.81. The maximum Gasteiger partial charge on any atom is 0.261 e. The van der Waals surface area contributed by atoms with Gasteiger partial charge in [0.05, 0.1) is 22.8 Å². The van der Waals surface area contributed by atoms with Gasteiger partial charge in [-0.25, -0.2) is 8.42 Å². The molecule has 6 nitrogen and oxygen atoms in total. The van der Waals surface area contributed by atoms with E-state index in [0.717, 1.165) is 36.8 Å². The maximum absolute atomic E-state index is 12.8. The van der Waals surface area contributed by atoms with Crippen molar-refractivity contribution in [2.75, 3.05) is 16.6 Å². The van der Waals surface area contributed by atoms with Crippen LogP contribution in [-0.4, -0.2) is 20.9 Å². The van der Waals surface area contributed by atoms with Crippen LogP contribution in [0.4, 0.5) is 11.4 Å². The first-order chi connectivity index (χ1) is 16.3. The van der Waals surface area contributed by atoms with Gasteiger partial charge in [-0.3, -0.25) is 9.52 Å². The number of hydrogen-bond donors (Lipinski definition) is 2. The molecule has 0 spiro atoms. The summed E-state index contributed by atoms with van der Waals surface area (Å²) in [6.45, 7) is 6.53. The highest BCUT2D eigenvalue weighted by Crippen LogP contribution is 2.23. The third-order valence-corrected chi connectivity index (χ3v) is 6.82. The summed E-state index contributed by atoms with van der Waals surface area (Å²) in [6.07, 6.45) is 4.35. The summed E-state index contributed by atoms with van der Waals surface area (Å²) in [7, 11) is -3.75. The normalized spacial score (nSPS) is 11.1. The minimum atomic E-state index is -3.75. The Morgan fingerprint density at radius 3 is 2.35 bits per heavy atom. The summed E-state index contributed by atoms with van der Waals surface area (Å²) >= 11 is 0. The van der Waals surface area contributed by atoms with E-state index >= 15 is 0 Å². The number of unbranched alkanes of at least 4 members (excludes halogenated alkanes) is 3. The number of para-hydroxylation sites is 1. The van der Waals surface area contributed by atoms with Gasteiger partial charge in [-0.1, -0.05) is 56.0 Å². The van der Waals surface area contributed by atoms with Crippen molar-refractivity contribution in [2.45, 2.75) is 51.3 Å². The number of benzene rings is 3. The zero-order valence-corrected chi connectivity index (χ0v) is 20.7. The number of carbonyl (C=O) groups excluding carboxylic acids is 1. The largest absolute Gasteiger partial charge is 0.493 e. The molecule has 0 aliphatic rings. The molecule has 0 heterocycles. The van der Waals surface area contributed by atoms with Gasteiger partial charge >= 0.3 is 0 Å². The van der Waals surface area contributed by atoms with Crippen molar-refractivity contribution in [3.05, 3.63) is 83.4 Å². The highest BCUT2D eigenvalue weighted by Gasteiger charge is 2.17. The molecule has 0 aliphatic carbocycles. The molecule has 0 aliphatic heterocycles. The number of hydrogen-bond acceptors (Lipinski definition) is 4. The maximum atomic E-state index is 12.8. The van der Waals surface area contributed by atoms with Crippen LogP contribution in [0.2, 0.25) is 0 Å². The predicted molar refractivity (Wildman–Crippen MR) is 137 cm³/mol. The van der Waals surface area contributed by atoms with Crippen molar-refractivity contribution >= 4 is 27.3 Å². The predicted octanol–water partition coefficient (Wildman–Crippen LogP) is 6.32. The van der Waals surface area contributed by atoms with Crippen molar-refractivity contribution in [1.82, 2.24) is 0 Å². The number of aryl methyl sites for hydroxylation is 2. The molecule has 0 atom stereocenters. The van der Waals surface area contributed by atoms with Gasteiger partial charge in [-0.15, -0.1) is 0 Å². The average molecular weight is 481 g/mol. The van der Waals surface area contributed by atoms with Crippen LogP contribution in [0.15, 0.2) is 71.6 Å². The number of anilines is 2. The van der Waals surface area contributed by atoms with Crippen molar-refractivity contribution < 1.29 is 17.9 Å². The molecule has 180 valence electrons. The van der Waals surface area contributed by atoms with E-state index in [-0.39, 0.29) is 10.8 Å². The molecule has 0 aromatic heterocycles. The molecule has 3 rings (SSSR count). The smallest absolute Gasteiger partial charge is 0.261 e. The molecule has 3 aromatic carbocycles. The van der Waals surface area contributed by atoms with E-state index < -0.39 is 10.0 Å². The number of nitrogens with one attached hydrogen (secondary N) is 2. The van der Waals surface area contributed by atoms with Crippen molar-refractivity contribution in [1.29, 1.82) is 0 Å². The standard InChI is InChI=1S/C27H32N2O4S/c1-4-5-6-9-18-33-26-11-8-7-10-24(26)27(30)28-22-13-15-23(16-14-22)34(31,32)29-25-17-12-20(2)19-21(25)3/h7-8,10-17,19,29H,4-6,9,18H2,1-3H3,(H,28,30). The van der Waals surface area contributed by atoms with Gasteiger partial charge < -0.3 is 10.1 Å². The number of rotatable bonds is 11. The van der Waals surface area contributed by atoms with Crippen LogP contribution in [0.5, 0.6) is 5.75 Å². The van der Waals surface area contributed by atoms with Crippen LogP contribution in [0.1, 0.15) is 54.1 Å². The highest BCUT2D eigenvalue weighted by atomic mass is 32.2. The SMILES string of the molecule is CCCCCCOc1ccccc1C(=O)Nc1ccc(S(=O)(=O)Nc2ccc(C)cc2C)cc1. The second-order valence-electron chi connectivity index (χ2n) is 8.31. The van der Waals surface area contributed by atoms with Crippen molar-refractivity contribution in [3.8, 4) is 5.75 Å². The Labute approximate surface area is 202 Å². The molecule has 0 unspecified atom stereocenters.